The van der Waals surface area contributed by atoms with Gasteiger partial charge in [-0.05, 0) is 17.9 Å². The molecule has 0 aliphatic rings. The van der Waals surface area contributed by atoms with Gasteiger partial charge in [0.2, 0.25) is 11.0 Å². The number of thioether (sulfide) groups is 1. The molecule has 4 rings (SSSR count). The van der Waals surface area contributed by atoms with Crippen LogP contribution in [0.1, 0.15) is 13.3 Å². The number of aryl methyl sites for hydroxylation is 1. The summed E-state index contributed by atoms with van der Waals surface area (Å²) < 4.78 is 3.84. The first kappa shape index (κ1) is 19.3. The maximum Gasteiger partial charge on any atom is 0.264 e. The van der Waals surface area contributed by atoms with Crippen LogP contribution in [0.5, 0.6) is 0 Å². The number of hydrogen-bond acceptors (Lipinski definition) is 8. The third-order valence-electron chi connectivity index (χ3n) is 4.06. The van der Waals surface area contributed by atoms with E-state index in [-0.39, 0.29) is 24.4 Å². The monoisotopic (exact) mass is 427 g/mol. The predicted molar refractivity (Wildman–Crippen MR) is 113 cm³/mol. The van der Waals surface area contributed by atoms with Crippen molar-refractivity contribution in [1.82, 2.24) is 29.5 Å². The molecule has 0 saturated carbocycles. The molecule has 0 saturated heterocycles. The van der Waals surface area contributed by atoms with E-state index >= 15 is 0 Å². The number of anilines is 1. The molecule has 0 aliphatic heterocycles. The molecule has 0 aliphatic carbocycles. The number of nitrogens with one attached hydrogen (secondary N) is 1. The molecular weight excluding hydrogens is 410 g/mol. The van der Waals surface area contributed by atoms with Crippen LogP contribution in [-0.2, 0) is 11.3 Å². The number of hydrogen-bond donors (Lipinski definition) is 1. The summed E-state index contributed by atoms with van der Waals surface area (Å²) in [5.74, 6) is 0.656. The van der Waals surface area contributed by atoms with E-state index in [1.807, 2.05) is 37.3 Å². The summed E-state index contributed by atoms with van der Waals surface area (Å²) in [6, 6.07) is 9.48. The molecule has 0 fully saturated rings. The van der Waals surface area contributed by atoms with Gasteiger partial charge in [-0.2, -0.15) is 5.10 Å². The quantitative estimate of drug-likeness (QED) is 0.357. The summed E-state index contributed by atoms with van der Waals surface area (Å²) in [5, 5.41) is 15.8. The van der Waals surface area contributed by atoms with Crippen molar-refractivity contribution in [3.63, 3.8) is 0 Å². The van der Waals surface area contributed by atoms with Gasteiger partial charge in [0.1, 0.15) is 5.39 Å². The van der Waals surface area contributed by atoms with E-state index in [1.54, 1.807) is 16.4 Å². The first-order chi connectivity index (χ1) is 14.2. The standard InChI is InChI=1S/C18H17N7O2S2/c1-2-28-18-23-22-17(29-18)21-14(26)8-9-24-11-19-15-13(16(24)27)10-20-25(15)12-6-4-3-5-7-12/h3-7,10-11H,2,8-9H2,1H3,(H,21,22,26). The number of fused-ring (bicyclic) bond motifs is 1. The van der Waals surface area contributed by atoms with Crippen molar-refractivity contribution in [1.29, 1.82) is 0 Å². The van der Waals surface area contributed by atoms with Crippen molar-refractivity contribution >= 4 is 45.2 Å². The average molecular weight is 428 g/mol. The number of carbonyl (C=O) groups is 1. The molecule has 148 valence electrons. The van der Waals surface area contributed by atoms with E-state index in [2.05, 4.69) is 25.6 Å². The largest absolute Gasteiger partial charge is 0.300 e. The first-order valence-corrected chi connectivity index (χ1v) is 10.7. The van der Waals surface area contributed by atoms with Crippen LogP contribution in [0.25, 0.3) is 16.7 Å². The number of aromatic nitrogens is 6. The van der Waals surface area contributed by atoms with E-state index in [0.29, 0.717) is 16.2 Å². The van der Waals surface area contributed by atoms with Gasteiger partial charge in [0.15, 0.2) is 9.99 Å². The average Bonchev–Trinajstić information content (AvgIpc) is 3.36. The zero-order chi connectivity index (χ0) is 20.2. The minimum atomic E-state index is -0.235. The van der Waals surface area contributed by atoms with E-state index in [1.165, 1.54) is 28.4 Å². The van der Waals surface area contributed by atoms with Gasteiger partial charge in [0.25, 0.3) is 5.56 Å². The Morgan fingerprint density at radius 1 is 1.24 bits per heavy atom. The van der Waals surface area contributed by atoms with Crippen molar-refractivity contribution in [3.8, 4) is 5.69 Å². The highest BCUT2D eigenvalue weighted by Gasteiger charge is 2.13. The van der Waals surface area contributed by atoms with Crippen LogP contribution in [0.2, 0.25) is 0 Å². The molecule has 11 heteroatoms. The Bertz CT molecular complexity index is 1200. The Morgan fingerprint density at radius 3 is 2.86 bits per heavy atom. The maximum atomic E-state index is 12.7. The summed E-state index contributed by atoms with van der Waals surface area (Å²) in [4.78, 5) is 29.3. The SMILES string of the molecule is CCSc1nnc(NC(=O)CCn2cnc3c(cnn3-c3ccccc3)c2=O)s1. The van der Waals surface area contributed by atoms with Crippen molar-refractivity contribution < 1.29 is 4.79 Å². The lowest BCUT2D eigenvalue weighted by molar-refractivity contribution is -0.116. The molecule has 0 spiro atoms. The van der Waals surface area contributed by atoms with Gasteiger partial charge in [-0.1, -0.05) is 48.2 Å². The van der Waals surface area contributed by atoms with Crippen LogP contribution >= 0.6 is 23.1 Å². The molecular formula is C18H17N7O2S2. The van der Waals surface area contributed by atoms with Crippen LogP contribution < -0.4 is 10.9 Å². The van der Waals surface area contributed by atoms with Gasteiger partial charge in [-0.3, -0.25) is 14.2 Å². The van der Waals surface area contributed by atoms with Crippen molar-refractivity contribution in [2.45, 2.75) is 24.2 Å². The van der Waals surface area contributed by atoms with Gasteiger partial charge >= 0.3 is 0 Å². The summed E-state index contributed by atoms with van der Waals surface area (Å²) in [7, 11) is 0. The number of benzene rings is 1. The third-order valence-corrected chi connectivity index (χ3v) is 5.91. The normalized spacial score (nSPS) is 11.1. The van der Waals surface area contributed by atoms with Crippen molar-refractivity contribution in [3.05, 3.63) is 53.2 Å². The maximum absolute atomic E-state index is 12.7. The highest BCUT2D eigenvalue weighted by Crippen LogP contribution is 2.25. The van der Waals surface area contributed by atoms with Crippen molar-refractivity contribution in [2.75, 3.05) is 11.1 Å². The summed E-state index contributed by atoms with van der Waals surface area (Å²) >= 11 is 2.90. The Balaban J connectivity index is 1.46. The summed E-state index contributed by atoms with van der Waals surface area (Å²) in [5.41, 5.74) is 1.07. The molecule has 3 aromatic heterocycles. The minimum Gasteiger partial charge on any atom is -0.300 e. The second-order valence-electron chi connectivity index (χ2n) is 5.98. The summed E-state index contributed by atoms with van der Waals surface area (Å²) in [6.07, 6.45) is 3.07. The number of rotatable bonds is 7. The summed E-state index contributed by atoms with van der Waals surface area (Å²) in [6.45, 7) is 2.23. The van der Waals surface area contributed by atoms with Crippen LogP contribution in [0.3, 0.4) is 0 Å². The van der Waals surface area contributed by atoms with E-state index < -0.39 is 0 Å². The molecule has 29 heavy (non-hydrogen) atoms. The fourth-order valence-corrected chi connectivity index (χ4v) is 4.38. The van der Waals surface area contributed by atoms with E-state index in [9.17, 15) is 9.59 Å². The lowest BCUT2D eigenvalue weighted by atomic mass is 10.3. The van der Waals surface area contributed by atoms with Gasteiger partial charge in [0, 0.05) is 13.0 Å². The molecule has 3 heterocycles. The highest BCUT2D eigenvalue weighted by molar-refractivity contribution is 8.01. The fourth-order valence-electron chi connectivity index (χ4n) is 2.71. The Hall–Kier alpha value is -3.05. The van der Waals surface area contributed by atoms with Gasteiger partial charge < -0.3 is 5.32 Å². The number of carbonyl (C=O) groups excluding carboxylic acids is 1. The Morgan fingerprint density at radius 2 is 2.07 bits per heavy atom. The molecule has 1 N–H and O–H groups in total. The lowest BCUT2D eigenvalue weighted by Crippen LogP contribution is -2.23. The molecule has 0 radical (unpaired) electrons. The highest BCUT2D eigenvalue weighted by atomic mass is 32.2. The Kier molecular flexibility index (Phi) is 5.67. The number of para-hydroxylation sites is 1. The van der Waals surface area contributed by atoms with Crippen LogP contribution in [0.4, 0.5) is 5.13 Å². The molecule has 1 aromatic carbocycles. The Labute approximate surface area is 173 Å². The molecule has 1 amide bonds. The zero-order valence-corrected chi connectivity index (χ0v) is 17.1. The first-order valence-electron chi connectivity index (χ1n) is 8.90. The lowest BCUT2D eigenvalue weighted by Gasteiger charge is -2.06. The topological polar surface area (TPSA) is 108 Å². The zero-order valence-electron chi connectivity index (χ0n) is 15.5. The number of amides is 1. The van der Waals surface area contributed by atoms with Gasteiger partial charge in [-0.15, -0.1) is 10.2 Å². The second-order valence-corrected chi connectivity index (χ2v) is 8.47. The van der Waals surface area contributed by atoms with Crippen LogP contribution in [0.15, 0.2) is 52.0 Å². The third kappa shape index (κ3) is 4.20. The van der Waals surface area contributed by atoms with Crippen LogP contribution in [0, 0.1) is 0 Å². The smallest absolute Gasteiger partial charge is 0.264 e. The predicted octanol–water partition coefficient (Wildman–Crippen LogP) is 2.57. The fraction of sp³-hybridized carbons (Fsp3) is 0.222. The minimum absolute atomic E-state index is 0.121. The molecule has 4 aromatic rings. The number of nitrogens with zero attached hydrogens (tertiary/aromatic N) is 6. The van der Waals surface area contributed by atoms with Gasteiger partial charge in [-0.25, -0.2) is 9.67 Å². The van der Waals surface area contributed by atoms with Crippen LogP contribution in [-0.4, -0.2) is 41.2 Å². The molecule has 0 unspecified atom stereocenters. The molecule has 9 nitrogen and oxygen atoms in total. The second kappa shape index (κ2) is 8.53. The van der Waals surface area contributed by atoms with E-state index in [0.717, 1.165) is 15.8 Å². The van der Waals surface area contributed by atoms with Gasteiger partial charge in [0.05, 0.1) is 18.2 Å². The molecule has 0 atom stereocenters. The molecule has 0 bridgehead atoms. The van der Waals surface area contributed by atoms with Crippen molar-refractivity contribution in [2.24, 2.45) is 0 Å². The van der Waals surface area contributed by atoms with E-state index in [4.69, 9.17) is 0 Å².